The third-order valence-corrected chi connectivity index (χ3v) is 11.9. The van der Waals surface area contributed by atoms with E-state index in [1.54, 1.807) is 4.90 Å². The third-order valence-electron chi connectivity index (χ3n) is 11.9. The predicted molar refractivity (Wildman–Crippen MR) is 234 cm³/mol. The summed E-state index contributed by atoms with van der Waals surface area (Å²) < 4.78 is 13.1. The Bertz CT molecular complexity index is 1890. The van der Waals surface area contributed by atoms with Gasteiger partial charge in [0.1, 0.15) is 11.5 Å². The Morgan fingerprint density at radius 3 is 1.84 bits per heavy atom. The number of benzene rings is 4. The van der Waals surface area contributed by atoms with E-state index in [9.17, 15) is 9.59 Å². The molecule has 0 aromatic heterocycles. The minimum atomic E-state index is -1.23. The first kappa shape index (κ1) is 41.8. The molecule has 1 N–H and O–H groups in total. The number of nitrogens with one attached hydrogen (secondary N) is 1. The lowest BCUT2D eigenvalue weighted by Gasteiger charge is -2.38. The minimum Gasteiger partial charge on any atom is -0.456 e. The molecule has 1 atom stereocenters. The molecule has 0 bridgehead atoms. The molecule has 0 radical (unpaired) electrons. The van der Waals surface area contributed by atoms with Gasteiger partial charge >= 0.3 is 12.0 Å². The lowest BCUT2D eigenvalue weighted by Crippen LogP contribution is -2.40. The van der Waals surface area contributed by atoms with Gasteiger partial charge in [0.05, 0.1) is 12.1 Å². The number of urea groups is 1. The van der Waals surface area contributed by atoms with Gasteiger partial charge in [-0.05, 0) is 62.2 Å². The summed E-state index contributed by atoms with van der Waals surface area (Å²) in [6, 6.07) is 29.5. The minimum absolute atomic E-state index is 0.154. The van der Waals surface area contributed by atoms with E-state index in [4.69, 9.17) is 9.47 Å². The predicted octanol–water partition coefficient (Wildman–Crippen LogP) is 13.1. The number of amides is 2. The van der Waals surface area contributed by atoms with E-state index in [0.717, 1.165) is 48.3 Å². The summed E-state index contributed by atoms with van der Waals surface area (Å²) >= 11 is 0. The number of anilines is 2. The molecule has 1 unspecified atom stereocenters. The van der Waals surface area contributed by atoms with E-state index >= 15 is 0 Å². The van der Waals surface area contributed by atoms with Crippen molar-refractivity contribution in [3.8, 4) is 11.5 Å². The van der Waals surface area contributed by atoms with Gasteiger partial charge in [0.2, 0.25) is 0 Å². The molecule has 2 heterocycles. The van der Waals surface area contributed by atoms with Crippen LogP contribution < -0.4 is 19.9 Å². The molecule has 2 aliphatic rings. The topological polar surface area (TPSA) is 71.1 Å². The van der Waals surface area contributed by atoms with Crippen LogP contribution in [0.4, 0.5) is 16.2 Å². The molecule has 2 aliphatic heterocycles. The van der Waals surface area contributed by atoms with E-state index < -0.39 is 5.60 Å². The quantitative estimate of drug-likeness (QED) is 0.0601. The zero-order valence-corrected chi connectivity index (χ0v) is 34.8. The van der Waals surface area contributed by atoms with Gasteiger partial charge in [-0.25, -0.2) is 9.59 Å². The monoisotopic (exact) mass is 771 g/mol. The second kappa shape index (κ2) is 21.1. The van der Waals surface area contributed by atoms with Crippen LogP contribution in [0.5, 0.6) is 11.5 Å². The highest BCUT2D eigenvalue weighted by atomic mass is 16.6. The number of nitrogens with zero attached hydrogens (tertiary/aromatic N) is 2. The van der Waals surface area contributed by atoms with Crippen molar-refractivity contribution in [2.75, 3.05) is 29.4 Å². The molecule has 0 aliphatic carbocycles. The van der Waals surface area contributed by atoms with Crippen LogP contribution in [0.25, 0.3) is 0 Å². The number of hydrogen-bond donors (Lipinski definition) is 1. The van der Waals surface area contributed by atoms with Gasteiger partial charge in [-0.15, -0.1) is 0 Å². The van der Waals surface area contributed by atoms with Gasteiger partial charge < -0.3 is 19.7 Å². The zero-order chi connectivity index (χ0) is 39.9. The van der Waals surface area contributed by atoms with E-state index in [1.165, 1.54) is 89.9 Å². The summed E-state index contributed by atoms with van der Waals surface area (Å²) in [6.45, 7) is 9.27. The van der Waals surface area contributed by atoms with Gasteiger partial charge in [-0.1, -0.05) is 152 Å². The summed E-state index contributed by atoms with van der Waals surface area (Å²) in [5.41, 5.74) is 4.31. The van der Waals surface area contributed by atoms with Crippen LogP contribution >= 0.6 is 0 Å². The standard InChI is InChI=1S/C50H65N3O4/c1-4-7-8-9-10-11-12-13-14-15-16-17-18-19-20-26-35-51-49(55)53(38-39-27-22-21-23-28-39)41-32-34-46-45(36-41)50(43-30-25-24-29-42(43)48(54)57-50)44-33-31-40(37-47(44)56-46)52(5-2)6-3/h21-25,27-34,36-37H,4-20,26,35,38H2,1-3H3,(H,51,55). The fourth-order valence-corrected chi connectivity index (χ4v) is 8.61. The Hall–Kier alpha value is -4.78. The number of fused-ring (bicyclic) bond motifs is 6. The maximum absolute atomic E-state index is 14.1. The number of carbonyl (C=O) groups is 2. The Balaban J connectivity index is 1.11. The van der Waals surface area contributed by atoms with Crippen LogP contribution in [-0.2, 0) is 16.9 Å². The average Bonchev–Trinajstić information content (AvgIpc) is 3.53. The van der Waals surface area contributed by atoms with E-state index in [0.29, 0.717) is 41.4 Å². The summed E-state index contributed by atoms with van der Waals surface area (Å²) in [4.78, 5) is 31.7. The SMILES string of the molecule is CCCCCCCCCCCCCCCCCCNC(=O)N(Cc1ccccc1)c1ccc2c(c1)C1(OC(=O)c3ccccc31)c1ccc(N(CC)CC)cc1O2. The molecular formula is C50H65N3O4. The van der Waals surface area contributed by atoms with Crippen molar-refractivity contribution in [3.63, 3.8) is 0 Å². The molecule has 6 rings (SSSR count). The van der Waals surface area contributed by atoms with Gasteiger partial charge in [-0.2, -0.15) is 0 Å². The molecule has 7 heteroatoms. The molecule has 4 aromatic rings. The Kier molecular flexibility index (Phi) is 15.5. The van der Waals surface area contributed by atoms with Crippen molar-refractivity contribution in [2.24, 2.45) is 0 Å². The molecule has 7 nitrogen and oxygen atoms in total. The fourth-order valence-electron chi connectivity index (χ4n) is 8.61. The van der Waals surface area contributed by atoms with E-state index in [2.05, 4.69) is 37.1 Å². The first-order chi connectivity index (χ1) is 28.0. The van der Waals surface area contributed by atoms with E-state index in [1.807, 2.05) is 84.9 Å². The molecule has 1 spiro atoms. The normalized spacial score (nSPS) is 15.0. The number of carbonyl (C=O) groups excluding carboxylic acids is 2. The third kappa shape index (κ3) is 10.2. The smallest absolute Gasteiger partial charge is 0.340 e. The van der Waals surface area contributed by atoms with Gasteiger partial charge in [0.25, 0.3) is 0 Å². The van der Waals surface area contributed by atoms with Crippen LogP contribution in [0.2, 0.25) is 0 Å². The summed E-state index contributed by atoms with van der Waals surface area (Å²) in [6.07, 6.45) is 21.1. The highest BCUT2D eigenvalue weighted by Crippen LogP contribution is 2.57. The second-order valence-corrected chi connectivity index (χ2v) is 15.9. The van der Waals surface area contributed by atoms with Crippen LogP contribution in [0.15, 0.2) is 91.0 Å². The van der Waals surface area contributed by atoms with Gasteiger partial charge in [0, 0.05) is 53.8 Å². The van der Waals surface area contributed by atoms with Crippen molar-refractivity contribution < 1.29 is 19.1 Å². The van der Waals surface area contributed by atoms with Crippen molar-refractivity contribution in [1.82, 2.24) is 5.32 Å². The number of rotatable bonds is 23. The van der Waals surface area contributed by atoms with Crippen LogP contribution in [0, 0.1) is 0 Å². The number of ether oxygens (including phenoxy) is 2. The highest BCUT2D eigenvalue weighted by Gasteiger charge is 2.53. The second-order valence-electron chi connectivity index (χ2n) is 15.9. The molecule has 57 heavy (non-hydrogen) atoms. The Morgan fingerprint density at radius 1 is 0.596 bits per heavy atom. The molecule has 0 saturated carbocycles. The van der Waals surface area contributed by atoms with Crippen LogP contribution in [0.1, 0.15) is 156 Å². The molecule has 304 valence electrons. The first-order valence-electron chi connectivity index (χ1n) is 22.1. The number of unbranched alkanes of at least 4 members (excludes halogenated alkanes) is 15. The van der Waals surface area contributed by atoms with Gasteiger partial charge in [-0.3, -0.25) is 4.90 Å². The van der Waals surface area contributed by atoms with Crippen molar-refractivity contribution in [2.45, 2.75) is 136 Å². The largest absolute Gasteiger partial charge is 0.456 e. The number of esters is 1. The van der Waals surface area contributed by atoms with Crippen molar-refractivity contribution in [1.29, 1.82) is 0 Å². The Morgan fingerprint density at radius 2 is 1.19 bits per heavy atom. The lowest BCUT2D eigenvalue weighted by molar-refractivity contribution is 0.0224. The van der Waals surface area contributed by atoms with Crippen LogP contribution in [0.3, 0.4) is 0 Å². The first-order valence-corrected chi connectivity index (χ1v) is 22.1. The molecule has 0 saturated heterocycles. The van der Waals surface area contributed by atoms with Crippen molar-refractivity contribution in [3.05, 3.63) is 119 Å². The Labute approximate surface area is 342 Å². The maximum atomic E-state index is 14.1. The highest BCUT2D eigenvalue weighted by molar-refractivity contribution is 5.97. The molecule has 0 fully saturated rings. The van der Waals surface area contributed by atoms with Gasteiger partial charge in [0.15, 0.2) is 5.60 Å². The van der Waals surface area contributed by atoms with Crippen LogP contribution in [-0.4, -0.2) is 31.6 Å². The summed E-state index contributed by atoms with van der Waals surface area (Å²) in [5.74, 6) is 0.878. The number of hydrogen-bond acceptors (Lipinski definition) is 5. The summed E-state index contributed by atoms with van der Waals surface area (Å²) in [5, 5.41) is 3.22. The van der Waals surface area contributed by atoms with Crippen molar-refractivity contribution >= 4 is 23.4 Å². The fraction of sp³-hybridized carbons (Fsp3) is 0.480. The summed E-state index contributed by atoms with van der Waals surface area (Å²) in [7, 11) is 0. The molecule has 4 aromatic carbocycles. The average molecular weight is 772 g/mol. The lowest BCUT2D eigenvalue weighted by atomic mass is 9.77. The van der Waals surface area contributed by atoms with E-state index in [-0.39, 0.29) is 12.0 Å². The zero-order valence-electron chi connectivity index (χ0n) is 34.8. The maximum Gasteiger partial charge on any atom is 0.340 e. The molecule has 2 amide bonds. The molecular weight excluding hydrogens is 707 g/mol.